The van der Waals surface area contributed by atoms with Crippen LogP contribution < -0.4 is 15.4 Å². The van der Waals surface area contributed by atoms with E-state index in [-0.39, 0.29) is 29.9 Å². The van der Waals surface area contributed by atoms with Gasteiger partial charge in [-0.1, -0.05) is 13.3 Å². The number of rotatable bonds is 9. The van der Waals surface area contributed by atoms with Gasteiger partial charge >= 0.3 is 0 Å². The van der Waals surface area contributed by atoms with Crippen molar-refractivity contribution in [3.8, 4) is 5.75 Å². The molecule has 0 radical (unpaired) electrons. The Morgan fingerprint density at radius 1 is 1.08 bits per heavy atom. The summed E-state index contributed by atoms with van der Waals surface area (Å²) >= 11 is 0. The van der Waals surface area contributed by atoms with Crippen LogP contribution in [0.5, 0.6) is 5.75 Å². The number of nitrogens with zero attached hydrogens (tertiary/aromatic N) is 4. The lowest BCUT2D eigenvalue weighted by molar-refractivity contribution is 0.111. The second-order valence-corrected chi connectivity index (χ2v) is 12.0. The topological polar surface area (TPSA) is 102 Å². The molecular formula is C25H34F3N5O3S. The zero-order valence-electron chi connectivity index (χ0n) is 21.1. The molecule has 4 rings (SSSR count). The smallest absolute Gasteiger partial charge is 0.225 e. The van der Waals surface area contributed by atoms with E-state index in [9.17, 15) is 21.6 Å². The van der Waals surface area contributed by atoms with Crippen molar-refractivity contribution < 1.29 is 26.3 Å². The van der Waals surface area contributed by atoms with Gasteiger partial charge in [0, 0.05) is 44.2 Å². The quantitative estimate of drug-likeness (QED) is 0.486. The molecular weight excluding hydrogens is 507 g/mol. The van der Waals surface area contributed by atoms with Crippen LogP contribution in [0.4, 0.5) is 19.1 Å². The predicted octanol–water partition coefficient (Wildman–Crippen LogP) is 3.43. The lowest BCUT2D eigenvalue weighted by Gasteiger charge is -2.34. The van der Waals surface area contributed by atoms with Gasteiger partial charge in [0.25, 0.3) is 0 Å². The van der Waals surface area contributed by atoms with Crippen LogP contribution in [0, 0.1) is 23.4 Å². The average Bonchev–Trinajstić information content (AvgIpc) is 3.26. The van der Waals surface area contributed by atoms with Gasteiger partial charge < -0.3 is 15.4 Å². The summed E-state index contributed by atoms with van der Waals surface area (Å²) in [5.74, 6) is -2.44. The van der Waals surface area contributed by atoms with Crippen LogP contribution in [-0.4, -0.2) is 66.8 Å². The number of benzene rings is 1. The van der Waals surface area contributed by atoms with E-state index in [4.69, 9.17) is 10.5 Å². The van der Waals surface area contributed by atoms with Crippen molar-refractivity contribution in [2.45, 2.75) is 57.6 Å². The highest BCUT2D eigenvalue weighted by Crippen LogP contribution is 2.32. The number of aromatic nitrogens is 2. The summed E-state index contributed by atoms with van der Waals surface area (Å²) in [5.41, 5.74) is 6.22. The maximum Gasteiger partial charge on any atom is 0.225 e. The summed E-state index contributed by atoms with van der Waals surface area (Å²) < 4.78 is 73.8. The maximum absolute atomic E-state index is 14.3. The van der Waals surface area contributed by atoms with Gasteiger partial charge in [0.15, 0.2) is 17.4 Å². The van der Waals surface area contributed by atoms with Crippen LogP contribution in [0.25, 0.3) is 0 Å². The highest BCUT2D eigenvalue weighted by Gasteiger charge is 2.35. The molecule has 2 fully saturated rings. The van der Waals surface area contributed by atoms with E-state index in [0.717, 1.165) is 25.3 Å². The number of piperidine rings is 1. The second kappa shape index (κ2) is 11.5. The predicted molar refractivity (Wildman–Crippen MR) is 134 cm³/mol. The van der Waals surface area contributed by atoms with Crippen molar-refractivity contribution in [1.82, 2.24) is 14.3 Å². The highest BCUT2D eigenvalue weighted by atomic mass is 32.2. The zero-order valence-corrected chi connectivity index (χ0v) is 21.9. The van der Waals surface area contributed by atoms with E-state index in [2.05, 4.69) is 9.97 Å². The van der Waals surface area contributed by atoms with Crippen LogP contribution in [0.2, 0.25) is 0 Å². The number of halogens is 3. The molecule has 8 nitrogen and oxygen atoms in total. The fourth-order valence-corrected chi connectivity index (χ4v) is 6.75. The number of nitrogens with two attached hydrogens (primary N) is 1. The first-order valence-electron chi connectivity index (χ1n) is 12.7. The summed E-state index contributed by atoms with van der Waals surface area (Å²) in [6.45, 7) is 5.52. The molecule has 3 atom stereocenters. The molecule has 0 spiro atoms. The standard InChI is InChI=1S/C25H34F3N5O3S/c1-3-4-9-37(34,35)33-7-5-17(6-8-33)16(2)36-18-12-30-25(31-13-18)32-14-20(24(29)15-32)19-10-22(27)23(28)11-21(19)26/h10-13,16-17,20,24H,3-9,14-15,29H2,1-2H3/t16-,20+,24-/m0/s1. The first-order valence-corrected chi connectivity index (χ1v) is 14.3. The summed E-state index contributed by atoms with van der Waals surface area (Å²) in [5, 5.41) is 0. The van der Waals surface area contributed by atoms with Gasteiger partial charge in [0.05, 0.1) is 24.3 Å². The van der Waals surface area contributed by atoms with Crippen LogP contribution >= 0.6 is 0 Å². The fraction of sp³-hybridized carbons (Fsp3) is 0.600. The maximum atomic E-state index is 14.3. The third kappa shape index (κ3) is 6.35. The van der Waals surface area contributed by atoms with Crippen molar-refractivity contribution in [1.29, 1.82) is 0 Å². The van der Waals surface area contributed by atoms with Crippen molar-refractivity contribution in [2.75, 3.05) is 36.8 Å². The van der Waals surface area contributed by atoms with E-state index < -0.39 is 39.4 Å². The van der Waals surface area contributed by atoms with Crippen molar-refractivity contribution in [2.24, 2.45) is 11.7 Å². The Hall–Kier alpha value is -2.44. The molecule has 37 heavy (non-hydrogen) atoms. The number of anilines is 1. The fourth-order valence-electron chi connectivity index (χ4n) is 5.07. The Balaban J connectivity index is 1.32. The minimum atomic E-state index is -3.20. The minimum absolute atomic E-state index is 0.0342. The van der Waals surface area contributed by atoms with E-state index >= 15 is 0 Å². The van der Waals surface area contributed by atoms with Gasteiger partial charge in [-0.2, -0.15) is 0 Å². The average molecular weight is 542 g/mol. The zero-order chi connectivity index (χ0) is 26.7. The molecule has 1 aromatic heterocycles. The van der Waals surface area contributed by atoms with Gasteiger partial charge in [-0.15, -0.1) is 0 Å². The Morgan fingerprint density at radius 3 is 2.38 bits per heavy atom. The van der Waals surface area contributed by atoms with Gasteiger partial charge in [-0.3, -0.25) is 0 Å². The molecule has 2 saturated heterocycles. The van der Waals surface area contributed by atoms with Gasteiger partial charge in [-0.25, -0.2) is 35.9 Å². The van der Waals surface area contributed by atoms with E-state index in [1.165, 1.54) is 0 Å². The molecule has 2 aliphatic heterocycles. The van der Waals surface area contributed by atoms with Crippen LogP contribution in [0.1, 0.15) is 51.0 Å². The monoisotopic (exact) mass is 541 g/mol. The van der Waals surface area contributed by atoms with Crippen LogP contribution in [0.15, 0.2) is 24.5 Å². The SMILES string of the molecule is CCCCS(=O)(=O)N1CCC([C@H](C)Oc2cnc(N3C[C@H](c4cc(F)c(F)cc4F)[C@@H](N)C3)nc2)CC1. The first-order chi connectivity index (χ1) is 17.6. The number of unbranched alkanes of at least 4 members (excludes halogenated alkanes) is 1. The molecule has 0 bridgehead atoms. The number of hydrogen-bond acceptors (Lipinski definition) is 7. The molecule has 0 aliphatic carbocycles. The van der Waals surface area contributed by atoms with Crippen molar-refractivity contribution >= 4 is 16.0 Å². The number of ether oxygens (including phenoxy) is 1. The molecule has 2 aromatic rings. The third-order valence-electron chi connectivity index (χ3n) is 7.34. The molecule has 0 saturated carbocycles. The normalized spacial score (nSPS) is 22.4. The molecule has 204 valence electrons. The molecule has 2 N–H and O–H groups in total. The van der Waals surface area contributed by atoms with Crippen molar-refractivity contribution in [3.05, 3.63) is 47.5 Å². The Morgan fingerprint density at radius 2 is 1.73 bits per heavy atom. The van der Waals surface area contributed by atoms with Gasteiger partial charge in [-0.05, 0) is 43.7 Å². The largest absolute Gasteiger partial charge is 0.487 e. The second-order valence-electron chi connectivity index (χ2n) is 9.91. The highest BCUT2D eigenvalue weighted by molar-refractivity contribution is 7.89. The Bertz CT molecular complexity index is 1180. The molecule has 0 amide bonds. The van der Waals surface area contributed by atoms with E-state index in [1.54, 1.807) is 21.6 Å². The molecule has 3 heterocycles. The summed E-state index contributed by atoms with van der Waals surface area (Å²) in [6.07, 6.45) is 5.93. The lowest BCUT2D eigenvalue weighted by Crippen LogP contribution is -2.42. The van der Waals surface area contributed by atoms with Crippen LogP contribution in [-0.2, 0) is 10.0 Å². The number of sulfonamides is 1. The van der Waals surface area contributed by atoms with Gasteiger partial charge in [0.1, 0.15) is 5.82 Å². The van der Waals surface area contributed by atoms with E-state index in [1.807, 2.05) is 13.8 Å². The molecule has 1 aromatic carbocycles. The van der Waals surface area contributed by atoms with Crippen LogP contribution in [0.3, 0.4) is 0 Å². The lowest BCUT2D eigenvalue weighted by atomic mass is 9.93. The molecule has 12 heteroatoms. The van der Waals surface area contributed by atoms with Crippen molar-refractivity contribution in [3.63, 3.8) is 0 Å². The first kappa shape index (κ1) is 27.6. The summed E-state index contributed by atoms with van der Waals surface area (Å²) in [7, 11) is -3.20. The van der Waals surface area contributed by atoms with E-state index in [0.29, 0.717) is 43.8 Å². The Labute approximate surface area is 216 Å². The summed E-state index contributed by atoms with van der Waals surface area (Å²) in [6, 6.07) is 0.901. The molecule has 0 unspecified atom stereocenters. The summed E-state index contributed by atoms with van der Waals surface area (Å²) in [4.78, 5) is 10.5. The third-order valence-corrected chi connectivity index (χ3v) is 9.29. The minimum Gasteiger partial charge on any atom is -0.487 e. The molecule has 2 aliphatic rings. The van der Waals surface area contributed by atoms with Gasteiger partial charge in [0.2, 0.25) is 16.0 Å². The number of hydrogen-bond donors (Lipinski definition) is 1. The Kier molecular flexibility index (Phi) is 8.59.